The van der Waals surface area contributed by atoms with Crippen molar-refractivity contribution in [2.75, 3.05) is 38.7 Å². The van der Waals surface area contributed by atoms with E-state index in [0.717, 1.165) is 17.8 Å². The molecule has 0 bridgehead atoms. The van der Waals surface area contributed by atoms with Crippen LogP contribution in [0.25, 0.3) is 0 Å². The Morgan fingerprint density at radius 1 is 1.33 bits per heavy atom. The van der Waals surface area contributed by atoms with Gasteiger partial charge in [-0.25, -0.2) is 4.79 Å². The highest BCUT2D eigenvalue weighted by Gasteiger charge is 2.17. The standard InChI is InChI=1S/C13H19N3O2/c1-14-10-11-4-2-3-5-12(11)15-13(17)16-6-8-18-9-7-16/h2-5,14H,6-10H2,1H3,(H,15,17). The van der Waals surface area contributed by atoms with Crippen molar-refractivity contribution >= 4 is 11.7 Å². The first-order chi connectivity index (χ1) is 8.81. The van der Waals surface area contributed by atoms with E-state index in [2.05, 4.69) is 10.6 Å². The molecule has 0 atom stereocenters. The lowest BCUT2D eigenvalue weighted by molar-refractivity contribution is 0.0564. The zero-order valence-corrected chi connectivity index (χ0v) is 10.6. The number of nitrogens with zero attached hydrogens (tertiary/aromatic N) is 1. The van der Waals surface area contributed by atoms with Crippen molar-refractivity contribution in [2.45, 2.75) is 6.54 Å². The fraction of sp³-hybridized carbons (Fsp3) is 0.462. The molecule has 98 valence electrons. The van der Waals surface area contributed by atoms with Crippen LogP contribution >= 0.6 is 0 Å². The summed E-state index contributed by atoms with van der Waals surface area (Å²) < 4.78 is 5.23. The zero-order valence-electron chi connectivity index (χ0n) is 10.6. The van der Waals surface area contributed by atoms with Crippen molar-refractivity contribution in [1.29, 1.82) is 0 Å². The molecule has 18 heavy (non-hydrogen) atoms. The molecule has 1 aliphatic rings. The number of hydrogen-bond acceptors (Lipinski definition) is 3. The number of hydrogen-bond donors (Lipinski definition) is 2. The summed E-state index contributed by atoms with van der Waals surface area (Å²) in [6.45, 7) is 3.27. The molecule has 1 fully saturated rings. The number of para-hydroxylation sites is 1. The first-order valence-electron chi connectivity index (χ1n) is 6.17. The molecule has 0 radical (unpaired) electrons. The summed E-state index contributed by atoms with van der Waals surface area (Å²) in [6, 6.07) is 7.77. The number of morpholine rings is 1. The van der Waals surface area contributed by atoms with Crippen molar-refractivity contribution < 1.29 is 9.53 Å². The minimum atomic E-state index is -0.0538. The molecule has 0 aromatic heterocycles. The number of carbonyl (C=O) groups excluding carboxylic acids is 1. The number of benzene rings is 1. The summed E-state index contributed by atoms with van der Waals surface area (Å²) >= 11 is 0. The Bertz CT molecular complexity index is 403. The smallest absolute Gasteiger partial charge is 0.322 e. The molecule has 1 aromatic rings. The van der Waals surface area contributed by atoms with Gasteiger partial charge in [-0.3, -0.25) is 0 Å². The van der Waals surface area contributed by atoms with E-state index in [1.54, 1.807) is 4.90 Å². The molecular weight excluding hydrogens is 230 g/mol. The van der Waals surface area contributed by atoms with Crippen molar-refractivity contribution in [3.63, 3.8) is 0 Å². The number of rotatable bonds is 3. The second-order valence-electron chi connectivity index (χ2n) is 4.22. The fourth-order valence-electron chi connectivity index (χ4n) is 1.95. The average molecular weight is 249 g/mol. The molecule has 0 aliphatic carbocycles. The first-order valence-corrected chi connectivity index (χ1v) is 6.17. The van der Waals surface area contributed by atoms with Gasteiger partial charge in [0.25, 0.3) is 0 Å². The second-order valence-corrected chi connectivity index (χ2v) is 4.22. The van der Waals surface area contributed by atoms with Gasteiger partial charge in [0.1, 0.15) is 0 Å². The van der Waals surface area contributed by atoms with Crippen LogP contribution in [0.1, 0.15) is 5.56 Å². The van der Waals surface area contributed by atoms with Crippen LogP contribution in [0.3, 0.4) is 0 Å². The number of anilines is 1. The molecule has 5 heteroatoms. The van der Waals surface area contributed by atoms with Gasteiger partial charge in [0.2, 0.25) is 0 Å². The third-order valence-corrected chi connectivity index (χ3v) is 2.92. The summed E-state index contributed by atoms with van der Waals surface area (Å²) in [5.41, 5.74) is 1.95. The van der Waals surface area contributed by atoms with E-state index in [0.29, 0.717) is 26.3 Å². The average Bonchev–Trinajstić information content (AvgIpc) is 2.42. The van der Waals surface area contributed by atoms with Gasteiger partial charge in [-0.1, -0.05) is 18.2 Å². The van der Waals surface area contributed by atoms with E-state index in [-0.39, 0.29) is 6.03 Å². The monoisotopic (exact) mass is 249 g/mol. The number of amides is 2. The van der Waals surface area contributed by atoms with Gasteiger partial charge in [0.15, 0.2) is 0 Å². The number of nitrogens with one attached hydrogen (secondary N) is 2. The Balaban J connectivity index is 2.01. The number of ether oxygens (including phenoxy) is 1. The van der Waals surface area contributed by atoms with Crippen LogP contribution in [0.4, 0.5) is 10.5 Å². The van der Waals surface area contributed by atoms with Crippen LogP contribution in [0.15, 0.2) is 24.3 Å². The highest BCUT2D eigenvalue weighted by molar-refractivity contribution is 5.90. The summed E-state index contributed by atoms with van der Waals surface area (Å²) in [5, 5.41) is 6.05. The van der Waals surface area contributed by atoms with Gasteiger partial charge in [-0.05, 0) is 18.7 Å². The van der Waals surface area contributed by atoms with Crippen molar-refractivity contribution in [3.8, 4) is 0 Å². The summed E-state index contributed by atoms with van der Waals surface area (Å²) in [7, 11) is 1.89. The van der Waals surface area contributed by atoms with Gasteiger partial charge < -0.3 is 20.3 Å². The van der Waals surface area contributed by atoms with E-state index >= 15 is 0 Å². The van der Waals surface area contributed by atoms with Crippen LogP contribution in [-0.2, 0) is 11.3 Å². The maximum Gasteiger partial charge on any atom is 0.322 e. The number of carbonyl (C=O) groups is 1. The SMILES string of the molecule is CNCc1ccccc1NC(=O)N1CCOCC1. The summed E-state index contributed by atoms with van der Waals surface area (Å²) in [5.74, 6) is 0. The topological polar surface area (TPSA) is 53.6 Å². The molecule has 1 heterocycles. The predicted octanol–water partition coefficient (Wildman–Crippen LogP) is 1.27. The minimum Gasteiger partial charge on any atom is -0.378 e. The van der Waals surface area contributed by atoms with E-state index in [1.165, 1.54) is 0 Å². The van der Waals surface area contributed by atoms with Crippen LogP contribution in [-0.4, -0.2) is 44.3 Å². The molecular formula is C13H19N3O2. The van der Waals surface area contributed by atoms with Crippen molar-refractivity contribution in [1.82, 2.24) is 10.2 Å². The Labute approximate surface area is 107 Å². The van der Waals surface area contributed by atoms with E-state index in [1.807, 2.05) is 31.3 Å². The van der Waals surface area contributed by atoms with Crippen LogP contribution in [0.5, 0.6) is 0 Å². The van der Waals surface area contributed by atoms with Crippen LogP contribution in [0.2, 0.25) is 0 Å². The first kappa shape index (κ1) is 12.9. The Morgan fingerprint density at radius 2 is 2.06 bits per heavy atom. The third-order valence-electron chi connectivity index (χ3n) is 2.92. The molecule has 0 saturated carbocycles. The maximum atomic E-state index is 12.1. The molecule has 2 rings (SSSR count). The minimum absolute atomic E-state index is 0.0538. The lowest BCUT2D eigenvalue weighted by Crippen LogP contribution is -2.43. The summed E-state index contributed by atoms with van der Waals surface area (Å²) in [6.07, 6.45) is 0. The van der Waals surface area contributed by atoms with E-state index < -0.39 is 0 Å². The maximum absolute atomic E-state index is 12.1. The van der Waals surface area contributed by atoms with Gasteiger partial charge >= 0.3 is 6.03 Å². The largest absolute Gasteiger partial charge is 0.378 e. The molecule has 5 nitrogen and oxygen atoms in total. The molecule has 2 N–H and O–H groups in total. The molecule has 0 unspecified atom stereocenters. The Kier molecular flexibility index (Phi) is 4.55. The molecule has 1 aliphatic heterocycles. The van der Waals surface area contributed by atoms with E-state index in [4.69, 9.17) is 4.74 Å². The lowest BCUT2D eigenvalue weighted by atomic mass is 10.2. The lowest BCUT2D eigenvalue weighted by Gasteiger charge is -2.27. The van der Waals surface area contributed by atoms with Gasteiger partial charge in [-0.2, -0.15) is 0 Å². The quantitative estimate of drug-likeness (QED) is 0.848. The fourth-order valence-corrected chi connectivity index (χ4v) is 1.95. The predicted molar refractivity (Wildman–Crippen MR) is 70.6 cm³/mol. The van der Waals surface area contributed by atoms with Crippen LogP contribution < -0.4 is 10.6 Å². The van der Waals surface area contributed by atoms with E-state index in [9.17, 15) is 4.79 Å². The molecule has 2 amide bonds. The zero-order chi connectivity index (χ0) is 12.8. The highest BCUT2D eigenvalue weighted by Crippen LogP contribution is 2.15. The molecule has 1 aromatic carbocycles. The second kappa shape index (κ2) is 6.37. The molecule has 0 spiro atoms. The van der Waals surface area contributed by atoms with Gasteiger partial charge in [-0.15, -0.1) is 0 Å². The number of urea groups is 1. The third kappa shape index (κ3) is 3.21. The summed E-state index contributed by atoms with van der Waals surface area (Å²) in [4.78, 5) is 13.8. The van der Waals surface area contributed by atoms with Crippen molar-refractivity contribution in [2.24, 2.45) is 0 Å². The van der Waals surface area contributed by atoms with Crippen LogP contribution in [0, 0.1) is 0 Å². The van der Waals surface area contributed by atoms with Gasteiger partial charge in [0.05, 0.1) is 13.2 Å². The normalized spacial score (nSPS) is 15.5. The Hall–Kier alpha value is -1.59. The van der Waals surface area contributed by atoms with Crippen molar-refractivity contribution in [3.05, 3.63) is 29.8 Å². The molecule has 1 saturated heterocycles. The Morgan fingerprint density at radius 3 is 2.78 bits per heavy atom. The van der Waals surface area contributed by atoms with Gasteiger partial charge in [0, 0.05) is 25.3 Å². The highest BCUT2D eigenvalue weighted by atomic mass is 16.5.